The molecule has 2 aromatic carbocycles. The molecule has 0 aliphatic carbocycles. The normalized spacial score (nSPS) is 16.8. The van der Waals surface area contributed by atoms with Gasteiger partial charge in [-0.05, 0) is 48.7 Å². The van der Waals surface area contributed by atoms with Crippen molar-refractivity contribution in [1.29, 1.82) is 0 Å². The summed E-state index contributed by atoms with van der Waals surface area (Å²) in [5.41, 5.74) is 2.78. The summed E-state index contributed by atoms with van der Waals surface area (Å²) in [5.74, 6) is -0.526. The van der Waals surface area contributed by atoms with Gasteiger partial charge in [-0.3, -0.25) is 9.59 Å². The van der Waals surface area contributed by atoms with Crippen LogP contribution in [0.4, 0.5) is 11.4 Å². The minimum Gasteiger partial charge on any atom is -0.326 e. The minimum absolute atomic E-state index is 0.0162. The summed E-state index contributed by atoms with van der Waals surface area (Å²) < 4.78 is 0. The standard InChI is InChI=1S/C21H23ClN2O2/c1-2-3-5-15-8-10-19(11-9-15)24-14-16(12-20(24)25)21(26)23-18-7-4-6-17(22)13-18/h4,6-11,13,16H,2-3,5,12,14H2,1H3,(H,23,26)/t16-/m0/s1. The molecule has 4 nitrogen and oxygen atoms in total. The van der Waals surface area contributed by atoms with Crippen LogP contribution in [0.15, 0.2) is 48.5 Å². The molecule has 0 saturated carbocycles. The number of benzene rings is 2. The lowest BCUT2D eigenvalue weighted by Crippen LogP contribution is -2.28. The van der Waals surface area contributed by atoms with Crippen LogP contribution < -0.4 is 10.2 Å². The van der Waals surface area contributed by atoms with Crippen LogP contribution in [-0.4, -0.2) is 18.4 Å². The van der Waals surface area contributed by atoms with Crippen LogP contribution in [0.25, 0.3) is 0 Å². The molecule has 1 atom stereocenters. The summed E-state index contributed by atoms with van der Waals surface area (Å²) in [5, 5.41) is 3.41. The van der Waals surface area contributed by atoms with Gasteiger partial charge in [0.25, 0.3) is 0 Å². The van der Waals surface area contributed by atoms with E-state index < -0.39 is 0 Å². The first kappa shape index (κ1) is 18.5. The molecule has 0 aromatic heterocycles. The number of carbonyl (C=O) groups is 2. The zero-order valence-electron chi connectivity index (χ0n) is 14.9. The van der Waals surface area contributed by atoms with Crippen molar-refractivity contribution in [3.05, 3.63) is 59.1 Å². The highest BCUT2D eigenvalue weighted by molar-refractivity contribution is 6.30. The van der Waals surface area contributed by atoms with Gasteiger partial charge < -0.3 is 10.2 Å². The zero-order valence-corrected chi connectivity index (χ0v) is 15.6. The van der Waals surface area contributed by atoms with E-state index in [0.29, 0.717) is 17.3 Å². The number of hydrogen-bond acceptors (Lipinski definition) is 2. The summed E-state index contributed by atoms with van der Waals surface area (Å²) in [4.78, 5) is 26.6. The quantitative estimate of drug-likeness (QED) is 0.802. The zero-order chi connectivity index (χ0) is 18.5. The average Bonchev–Trinajstić information content (AvgIpc) is 3.02. The smallest absolute Gasteiger partial charge is 0.229 e. The van der Waals surface area contributed by atoms with Crippen molar-refractivity contribution in [2.45, 2.75) is 32.6 Å². The molecule has 1 aliphatic heterocycles. The maximum Gasteiger partial charge on any atom is 0.229 e. The van der Waals surface area contributed by atoms with Crippen molar-refractivity contribution < 1.29 is 9.59 Å². The molecule has 2 aromatic rings. The Labute approximate surface area is 159 Å². The van der Waals surface area contributed by atoms with E-state index in [1.54, 1.807) is 29.2 Å². The summed E-state index contributed by atoms with van der Waals surface area (Å²) in [7, 11) is 0. The Morgan fingerprint density at radius 1 is 1.23 bits per heavy atom. The molecule has 1 aliphatic rings. The van der Waals surface area contributed by atoms with Gasteiger partial charge in [-0.1, -0.05) is 43.1 Å². The molecule has 2 amide bonds. The van der Waals surface area contributed by atoms with Crippen LogP contribution in [0.5, 0.6) is 0 Å². The molecule has 3 rings (SSSR count). The number of nitrogens with one attached hydrogen (secondary N) is 1. The van der Waals surface area contributed by atoms with Gasteiger partial charge in [0.2, 0.25) is 11.8 Å². The summed E-state index contributed by atoms with van der Waals surface area (Å²) in [6.45, 7) is 2.57. The van der Waals surface area contributed by atoms with Gasteiger partial charge in [-0.15, -0.1) is 0 Å². The predicted octanol–water partition coefficient (Wildman–Crippen LogP) is 4.67. The van der Waals surface area contributed by atoms with Crippen LogP contribution in [0.3, 0.4) is 0 Å². The molecular weight excluding hydrogens is 348 g/mol. The van der Waals surface area contributed by atoms with Crippen molar-refractivity contribution >= 4 is 34.8 Å². The van der Waals surface area contributed by atoms with Crippen molar-refractivity contribution in [3.8, 4) is 0 Å². The highest BCUT2D eigenvalue weighted by Crippen LogP contribution is 2.27. The second kappa shape index (κ2) is 8.37. The minimum atomic E-state index is -0.360. The first-order chi connectivity index (χ1) is 12.6. The first-order valence-electron chi connectivity index (χ1n) is 9.02. The van der Waals surface area contributed by atoms with Gasteiger partial charge in [0, 0.05) is 29.4 Å². The predicted molar refractivity (Wildman–Crippen MR) is 106 cm³/mol. The van der Waals surface area contributed by atoms with E-state index in [2.05, 4.69) is 24.4 Å². The SMILES string of the molecule is CCCCc1ccc(N2C[C@@H](C(=O)Nc3cccc(Cl)c3)CC2=O)cc1. The molecule has 1 heterocycles. The number of carbonyl (C=O) groups excluding carboxylic acids is 2. The van der Waals surface area contributed by atoms with Crippen LogP contribution in [0.2, 0.25) is 5.02 Å². The lowest BCUT2D eigenvalue weighted by molar-refractivity contribution is -0.122. The Bertz CT molecular complexity index is 789. The Morgan fingerprint density at radius 3 is 2.69 bits per heavy atom. The van der Waals surface area contributed by atoms with Crippen LogP contribution in [0.1, 0.15) is 31.7 Å². The van der Waals surface area contributed by atoms with Crippen molar-refractivity contribution in [3.63, 3.8) is 0 Å². The molecule has 1 fully saturated rings. The van der Waals surface area contributed by atoms with E-state index in [1.807, 2.05) is 12.1 Å². The largest absolute Gasteiger partial charge is 0.326 e. The lowest BCUT2D eigenvalue weighted by Gasteiger charge is -2.17. The van der Waals surface area contributed by atoms with E-state index in [9.17, 15) is 9.59 Å². The van der Waals surface area contributed by atoms with Gasteiger partial charge in [-0.2, -0.15) is 0 Å². The third-order valence-electron chi connectivity index (χ3n) is 4.65. The first-order valence-corrected chi connectivity index (χ1v) is 9.40. The molecule has 26 heavy (non-hydrogen) atoms. The summed E-state index contributed by atoms with van der Waals surface area (Å²) in [6.07, 6.45) is 3.60. The number of unbranched alkanes of at least 4 members (excludes halogenated alkanes) is 1. The summed E-state index contributed by atoms with van der Waals surface area (Å²) in [6, 6.07) is 15.1. The van der Waals surface area contributed by atoms with Crippen molar-refractivity contribution in [2.75, 3.05) is 16.8 Å². The molecule has 0 bridgehead atoms. The number of nitrogens with zero attached hydrogens (tertiary/aromatic N) is 1. The number of hydrogen-bond donors (Lipinski definition) is 1. The number of anilines is 2. The van der Waals surface area contributed by atoms with Gasteiger partial charge in [-0.25, -0.2) is 0 Å². The molecule has 1 saturated heterocycles. The molecule has 0 spiro atoms. The fraction of sp³-hybridized carbons (Fsp3) is 0.333. The maximum atomic E-state index is 12.5. The Balaban J connectivity index is 1.63. The van der Waals surface area contributed by atoms with Gasteiger partial charge >= 0.3 is 0 Å². The highest BCUT2D eigenvalue weighted by Gasteiger charge is 2.35. The van der Waals surface area contributed by atoms with E-state index >= 15 is 0 Å². The van der Waals surface area contributed by atoms with E-state index in [1.165, 1.54) is 5.56 Å². The molecule has 0 unspecified atom stereocenters. The molecule has 5 heteroatoms. The van der Waals surface area contributed by atoms with Crippen LogP contribution >= 0.6 is 11.6 Å². The Morgan fingerprint density at radius 2 is 2.00 bits per heavy atom. The van der Waals surface area contributed by atoms with Crippen molar-refractivity contribution in [1.82, 2.24) is 0 Å². The third kappa shape index (κ3) is 4.44. The van der Waals surface area contributed by atoms with Gasteiger partial charge in [0.05, 0.1) is 5.92 Å². The van der Waals surface area contributed by atoms with Crippen LogP contribution in [0, 0.1) is 5.92 Å². The topological polar surface area (TPSA) is 49.4 Å². The highest BCUT2D eigenvalue weighted by atomic mass is 35.5. The lowest BCUT2D eigenvalue weighted by atomic mass is 10.1. The number of rotatable bonds is 6. The monoisotopic (exact) mass is 370 g/mol. The second-order valence-corrected chi connectivity index (χ2v) is 7.11. The Hall–Kier alpha value is -2.33. The molecule has 136 valence electrons. The molecule has 1 N–H and O–H groups in total. The fourth-order valence-corrected chi connectivity index (χ4v) is 3.36. The third-order valence-corrected chi connectivity index (χ3v) is 4.89. The van der Waals surface area contributed by atoms with Crippen LogP contribution in [-0.2, 0) is 16.0 Å². The second-order valence-electron chi connectivity index (χ2n) is 6.67. The van der Waals surface area contributed by atoms with E-state index in [4.69, 9.17) is 11.6 Å². The Kier molecular flexibility index (Phi) is 5.94. The maximum absolute atomic E-state index is 12.5. The molecule has 0 radical (unpaired) electrons. The molecular formula is C21H23ClN2O2. The average molecular weight is 371 g/mol. The number of halogens is 1. The number of aryl methyl sites for hydroxylation is 1. The summed E-state index contributed by atoms with van der Waals surface area (Å²) >= 11 is 5.95. The van der Waals surface area contributed by atoms with Gasteiger partial charge in [0.1, 0.15) is 0 Å². The van der Waals surface area contributed by atoms with E-state index in [0.717, 1.165) is 24.9 Å². The fourth-order valence-electron chi connectivity index (χ4n) is 3.17. The number of amides is 2. The van der Waals surface area contributed by atoms with Gasteiger partial charge in [0.15, 0.2) is 0 Å². The van der Waals surface area contributed by atoms with Crippen molar-refractivity contribution in [2.24, 2.45) is 5.92 Å². The van der Waals surface area contributed by atoms with E-state index in [-0.39, 0.29) is 24.2 Å².